The third-order valence-corrected chi connectivity index (χ3v) is 3.75. The molecule has 5 nitrogen and oxygen atoms in total. The lowest BCUT2D eigenvalue weighted by atomic mass is 10.3. The number of hydrogen-bond donors (Lipinski definition) is 2. The van der Waals surface area contributed by atoms with Gasteiger partial charge in [0.15, 0.2) is 9.84 Å². The summed E-state index contributed by atoms with van der Waals surface area (Å²) in [6.45, 7) is 0.263. The summed E-state index contributed by atoms with van der Waals surface area (Å²) in [6.07, 6.45) is 0.326. The molecule has 3 N–H and O–H groups in total. The number of rotatable bonds is 6. The monoisotopic (exact) mass is 274 g/mol. The Kier molecular flexibility index (Phi) is 5.24. The molecule has 0 spiro atoms. The molecule has 1 amide bonds. The lowest BCUT2D eigenvalue weighted by Crippen LogP contribution is -2.25. The van der Waals surface area contributed by atoms with Crippen molar-refractivity contribution in [2.45, 2.75) is 6.42 Å². The van der Waals surface area contributed by atoms with Crippen molar-refractivity contribution in [1.29, 1.82) is 0 Å². The van der Waals surface area contributed by atoms with Crippen LogP contribution in [0.3, 0.4) is 0 Å². The quantitative estimate of drug-likeness (QED) is 0.791. The molecule has 1 aromatic carbocycles. The number of sulfone groups is 1. The Balaban J connectivity index is 2.54. The molecule has 0 aliphatic heterocycles. The molecule has 0 heterocycles. The normalized spacial score (nSPS) is 11.2. The number of carbonyl (C=O) groups excluding carboxylic acids is 1. The Bertz CT molecular complexity index is 500. The van der Waals surface area contributed by atoms with Gasteiger partial charge in [-0.15, -0.1) is 0 Å². The second-order valence-electron chi connectivity index (χ2n) is 3.79. The maximum Gasteiger partial charge on any atom is 0.239 e. The first-order valence-corrected chi connectivity index (χ1v) is 7.21. The van der Waals surface area contributed by atoms with Crippen LogP contribution in [-0.2, 0) is 14.6 Å². The van der Waals surface area contributed by atoms with Crippen molar-refractivity contribution in [3.05, 3.63) is 30.1 Å². The van der Waals surface area contributed by atoms with Gasteiger partial charge in [0.1, 0.15) is 11.6 Å². The third-order valence-electron chi connectivity index (χ3n) is 2.14. The van der Waals surface area contributed by atoms with Gasteiger partial charge in [-0.2, -0.15) is 0 Å². The minimum Gasteiger partial charge on any atom is -0.330 e. The van der Waals surface area contributed by atoms with Gasteiger partial charge in [0.05, 0.1) is 5.75 Å². The fraction of sp³-hybridized carbons (Fsp3) is 0.364. The van der Waals surface area contributed by atoms with Crippen molar-refractivity contribution in [2.75, 3.05) is 23.4 Å². The molecular weight excluding hydrogens is 259 g/mol. The van der Waals surface area contributed by atoms with E-state index in [-0.39, 0.29) is 12.3 Å². The first-order valence-electron chi connectivity index (χ1n) is 5.39. The molecule has 0 aliphatic rings. The van der Waals surface area contributed by atoms with Gasteiger partial charge in [-0.1, -0.05) is 0 Å². The molecule has 0 saturated heterocycles. The minimum atomic E-state index is -3.44. The van der Waals surface area contributed by atoms with E-state index < -0.39 is 27.3 Å². The van der Waals surface area contributed by atoms with Gasteiger partial charge in [-0.25, -0.2) is 12.8 Å². The fourth-order valence-electron chi connectivity index (χ4n) is 1.31. The van der Waals surface area contributed by atoms with E-state index >= 15 is 0 Å². The number of nitrogens with one attached hydrogen (secondary N) is 1. The van der Waals surface area contributed by atoms with Gasteiger partial charge in [0.2, 0.25) is 5.91 Å². The highest BCUT2D eigenvalue weighted by atomic mass is 32.2. The molecular formula is C11H15FN2O3S. The van der Waals surface area contributed by atoms with Gasteiger partial charge < -0.3 is 11.1 Å². The highest BCUT2D eigenvalue weighted by Gasteiger charge is 2.16. The summed E-state index contributed by atoms with van der Waals surface area (Å²) in [5, 5.41) is 2.39. The topological polar surface area (TPSA) is 89.3 Å². The Labute approximate surface area is 105 Å². The van der Waals surface area contributed by atoms with Crippen LogP contribution in [0.15, 0.2) is 24.3 Å². The number of hydrogen-bond acceptors (Lipinski definition) is 4. The lowest BCUT2D eigenvalue weighted by molar-refractivity contribution is -0.113. The number of amides is 1. The smallest absolute Gasteiger partial charge is 0.239 e. The molecule has 0 radical (unpaired) electrons. The van der Waals surface area contributed by atoms with Gasteiger partial charge in [0, 0.05) is 5.69 Å². The third kappa shape index (κ3) is 5.24. The summed E-state index contributed by atoms with van der Waals surface area (Å²) in [4.78, 5) is 11.5. The van der Waals surface area contributed by atoms with Gasteiger partial charge in [-0.05, 0) is 37.2 Å². The molecule has 0 atom stereocenters. The van der Waals surface area contributed by atoms with Crippen LogP contribution in [0.25, 0.3) is 0 Å². The van der Waals surface area contributed by atoms with Crippen LogP contribution in [0, 0.1) is 5.82 Å². The predicted molar refractivity (Wildman–Crippen MR) is 67.4 cm³/mol. The van der Waals surface area contributed by atoms with E-state index in [1.54, 1.807) is 0 Å². The van der Waals surface area contributed by atoms with E-state index in [9.17, 15) is 17.6 Å². The van der Waals surface area contributed by atoms with Gasteiger partial charge in [0.25, 0.3) is 0 Å². The zero-order valence-corrected chi connectivity index (χ0v) is 10.5. The molecule has 1 rings (SSSR count). The second-order valence-corrected chi connectivity index (χ2v) is 5.97. The van der Waals surface area contributed by atoms with E-state index in [1.165, 1.54) is 24.3 Å². The van der Waals surface area contributed by atoms with Crippen LogP contribution in [0.4, 0.5) is 10.1 Å². The first kappa shape index (κ1) is 14.6. The van der Waals surface area contributed by atoms with E-state index in [0.29, 0.717) is 12.1 Å². The first-order chi connectivity index (χ1) is 8.43. The molecule has 0 aliphatic carbocycles. The summed E-state index contributed by atoms with van der Waals surface area (Å²) < 4.78 is 35.5. The van der Waals surface area contributed by atoms with Crippen molar-refractivity contribution in [3.8, 4) is 0 Å². The minimum absolute atomic E-state index is 0.111. The highest BCUT2D eigenvalue weighted by Crippen LogP contribution is 2.08. The molecule has 100 valence electrons. The average Bonchev–Trinajstić information content (AvgIpc) is 2.29. The fourth-order valence-corrected chi connectivity index (χ4v) is 2.53. The molecule has 0 aromatic heterocycles. The average molecular weight is 274 g/mol. The maximum atomic E-state index is 12.6. The van der Waals surface area contributed by atoms with Crippen LogP contribution in [0.5, 0.6) is 0 Å². The number of halogens is 1. The van der Waals surface area contributed by atoms with Crippen molar-refractivity contribution in [3.63, 3.8) is 0 Å². The van der Waals surface area contributed by atoms with Crippen molar-refractivity contribution >= 4 is 21.4 Å². The molecule has 7 heteroatoms. The Morgan fingerprint density at radius 1 is 1.28 bits per heavy atom. The number of carbonyl (C=O) groups is 1. The van der Waals surface area contributed by atoms with Crippen molar-refractivity contribution < 1.29 is 17.6 Å². The van der Waals surface area contributed by atoms with Crippen LogP contribution in [0.1, 0.15) is 6.42 Å². The summed E-state index contributed by atoms with van der Waals surface area (Å²) in [6, 6.07) is 5.08. The summed E-state index contributed by atoms with van der Waals surface area (Å²) in [7, 11) is -3.44. The maximum absolute atomic E-state index is 12.6. The van der Waals surface area contributed by atoms with Crippen LogP contribution in [-0.4, -0.2) is 32.4 Å². The summed E-state index contributed by atoms with van der Waals surface area (Å²) >= 11 is 0. The largest absolute Gasteiger partial charge is 0.330 e. The number of anilines is 1. The molecule has 0 bridgehead atoms. The predicted octanol–water partition coefficient (Wildman–Crippen LogP) is 0.528. The Hall–Kier alpha value is -1.47. The molecule has 1 aromatic rings. The lowest BCUT2D eigenvalue weighted by Gasteiger charge is -2.05. The van der Waals surface area contributed by atoms with E-state index in [0.717, 1.165) is 0 Å². The molecule has 0 unspecified atom stereocenters. The Morgan fingerprint density at radius 2 is 1.89 bits per heavy atom. The van der Waals surface area contributed by atoms with E-state index in [2.05, 4.69) is 5.32 Å². The van der Waals surface area contributed by atoms with Crippen LogP contribution >= 0.6 is 0 Å². The molecule has 18 heavy (non-hydrogen) atoms. The van der Waals surface area contributed by atoms with Crippen LogP contribution < -0.4 is 11.1 Å². The summed E-state index contributed by atoms with van der Waals surface area (Å²) in [5.41, 5.74) is 5.56. The zero-order chi connectivity index (χ0) is 13.6. The molecule has 0 saturated carbocycles. The van der Waals surface area contributed by atoms with E-state index in [1.807, 2.05) is 0 Å². The van der Waals surface area contributed by atoms with Crippen LogP contribution in [0.2, 0.25) is 0 Å². The molecule has 0 fully saturated rings. The SMILES string of the molecule is NCCCS(=O)(=O)CC(=O)Nc1ccc(F)cc1. The second kappa shape index (κ2) is 6.46. The Morgan fingerprint density at radius 3 is 2.44 bits per heavy atom. The highest BCUT2D eigenvalue weighted by molar-refractivity contribution is 7.92. The van der Waals surface area contributed by atoms with E-state index in [4.69, 9.17) is 5.73 Å². The zero-order valence-electron chi connectivity index (χ0n) is 9.73. The number of benzene rings is 1. The van der Waals surface area contributed by atoms with Gasteiger partial charge in [-0.3, -0.25) is 4.79 Å². The van der Waals surface area contributed by atoms with Crippen molar-refractivity contribution in [2.24, 2.45) is 5.73 Å². The standard InChI is InChI=1S/C11H15FN2O3S/c12-9-2-4-10(5-3-9)14-11(15)8-18(16,17)7-1-6-13/h2-5H,1,6-8,13H2,(H,14,15). The van der Waals surface area contributed by atoms with Crippen molar-refractivity contribution in [1.82, 2.24) is 0 Å². The number of nitrogens with two attached hydrogens (primary N) is 1. The summed E-state index contributed by atoms with van der Waals surface area (Å²) in [5.74, 6) is -1.77. The van der Waals surface area contributed by atoms with Gasteiger partial charge >= 0.3 is 0 Å².